The third-order valence-corrected chi connectivity index (χ3v) is 2.47. The van der Waals surface area contributed by atoms with Crippen LogP contribution in [-0.4, -0.2) is 43.9 Å². The monoisotopic (exact) mass is 211 g/mol. The Kier molecular flexibility index (Phi) is 5.04. The van der Waals surface area contributed by atoms with Gasteiger partial charge in [0.25, 0.3) is 0 Å². The number of aldehydes is 1. The van der Waals surface area contributed by atoms with Crippen molar-refractivity contribution < 1.29 is 14.3 Å². The molecule has 0 aromatic heterocycles. The lowest BCUT2D eigenvalue weighted by atomic mass is 10.1. The molecule has 0 spiro atoms. The second-order valence-electron chi connectivity index (χ2n) is 3.59. The van der Waals surface area contributed by atoms with Crippen LogP contribution in [0.15, 0.2) is 11.6 Å². The number of hydrogen-bond acceptors (Lipinski definition) is 4. The van der Waals surface area contributed by atoms with Crippen LogP contribution in [0.5, 0.6) is 0 Å². The number of esters is 1. The maximum Gasteiger partial charge on any atom is 0.334 e. The molecule has 0 aliphatic carbocycles. The van der Waals surface area contributed by atoms with E-state index in [4.69, 9.17) is 0 Å². The minimum Gasteiger partial charge on any atom is -0.466 e. The molecule has 1 heterocycles. The lowest BCUT2D eigenvalue weighted by Crippen LogP contribution is -2.33. The van der Waals surface area contributed by atoms with Crippen molar-refractivity contribution in [1.82, 2.24) is 4.90 Å². The summed E-state index contributed by atoms with van der Waals surface area (Å²) in [5.74, 6) is -0.241. The molecular formula is C11H17NO3. The van der Waals surface area contributed by atoms with Gasteiger partial charge in [-0.1, -0.05) is 6.08 Å². The van der Waals surface area contributed by atoms with E-state index in [-0.39, 0.29) is 5.97 Å². The van der Waals surface area contributed by atoms with Crippen molar-refractivity contribution in [2.45, 2.75) is 19.3 Å². The predicted molar refractivity (Wildman–Crippen MR) is 56.5 cm³/mol. The van der Waals surface area contributed by atoms with E-state index in [2.05, 4.69) is 9.64 Å². The van der Waals surface area contributed by atoms with E-state index >= 15 is 0 Å². The van der Waals surface area contributed by atoms with Crippen molar-refractivity contribution in [1.29, 1.82) is 0 Å². The van der Waals surface area contributed by atoms with Gasteiger partial charge in [0.1, 0.15) is 6.29 Å². The Morgan fingerprint density at radius 3 is 3.13 bits per heavy atom. The van der Waals surface area contributed by atoms with Gasteiger partial charge >= 0.3 is 5.97 Å². The summed E-state index contributed by atoms with van der Waals surface area (Å²) in [4.78, 5) is 23.6. The lowest BCUT2D eigenvalue weighted by molar-refractivity contribution is -0.136. The fraction of sp³-hybridized carbons (Fsp3) is 0.636. The van der Waals surface area contributed by atoms with Crippen LogP contribution in [0.2, 0.25) is 0 Å². The number of methoxy groups -OCH3 is 1. The van der Waals surface area contributed by atoms with Crippen molar-refractivity contribution in [3.63, 3.8) is 0 Å². The Balaban J connectivity index is 2.36. The van der Waals surface area contributed by atoms with Crippen molar-refractivity contribution >= 4 is 12.3 Å². The summed E-state index contributed by atoms with van der Waals surface area (Å²) < 4.78 is 4.67. The topological polar surface area (TPSA) is 46.6 Å². The number of rotatable bonds is 5. The van der Waals surface area contributed by atoms with Gasteiger partial charge in [0.15, 0.2) is 0 Å². The van der Waals surface area contributed by atoms with Gasteiger partial charge in [0, 0.05) is 25.1 Å². The molecule has 0 aromatic rings. The van der Waals surface area contributed by atoms with Gasteiger partial charge in [-0.25, -0.2) is 4.79 Å². The number of ether oxygens (including phenoxy) is 1. The van der Waals surface area contributed by atoms with E-state index in [0.717, 1.165) is 37.8 Å². The summed E-state index contributed by atoms with van der Waals surface area (Å²) in [6.45, 7) is 2.47. The molecule has 0 bridgehead atoms. The van der Waals surface area contributed by atoms with Crippen LogP contribution < -0.4 is 0 Å². The van der Waals surface area contributed by atoms with Gasteiger partial charge in [-0.2, -0.15) is 0 Å². The van der Waals surface area contributed by atoms with Crippen LogP contribution in [0, 0.1) is 0 Å². The van der Waals surface area contributed by atoms with Crippen LogP contribution in [0.25, 0.3) is 0 Å². The highest BCUT2D eigenvalue weighted by molar-refractivity contribution is 5.88. The molecule has 0 fully saturated rings. The quantitative estimate of drug-likeness (QED) is 0.383. The number of carbonyl (C=O) groups is 2. The first kappa shape index (κ1) is 11.9. The zero-order valence-corrected chi connectivity index (χ0v) is 9.07. The van der Waals surface area contributed by atoms with Crippen molar-refractivity contribution in [3.8, 4) is 0 Å². The van der Waals surface area contributed by atoms with Gasteiger partial charge < -0.3 is 9.53 Å². The lowest BCUT2D eigenvalue weighted by Gasteiger charge is -2.25. The molecule has 0 saturated heterocycles. The zero-order chi connectivity index (χ0) is 11.1. The Bertz CT molecular complexity index is 261. The number of carbonyl (C=O) groups excluding carboxylic acids is 2. The minimum atomic E-state index is -0.241. The minimum absolute atomic E-state index is 0.241. The first-order valence-electron chi connectivity index (χ1n) is 5.21. The fourth-order valence-electron chi connectivity index (χ4n) is 1.67. The van der Waals surface area contributed by atoms with E-state index in [9.17, 15) is 9.59 Å². The largest absolute Gasteiger partial charge is 0.466 e. The molecule has 1 rings (SSSR count). The standard InChI is InChI=1S/C11H17NO3/c1-15-11(14)10-5-4-7-12(9-10)6-2-3-8-13/h5,8H,2-4,6-7,9H2,1H3. The molecule has 84 valence electrons. The van der Waals surface area contributed by atoms with Gasteiger partial charge in [-0.05, 0) is 19.4 Å². The van der Waals surface area contributed by atoms with E-state index in [1.54, 1.807) is 0 Å². The molecule has 0 saturated carbocycles. The Morgan fingerprint density at radius 1 is 1.67 bits per heavy atom. The van der Waals surface area contributed by atoms with Gasteiger partial charge in [-0.15, -0.1) is 0 Å². The third-order valence-electron chi connectivity index (χ3n) is 2.47. The van der Waals surface area contributed by atoms with Crippen molar-refractivity contribution in [2.24, 2.45) is 0 Å². The molecular weight excluding hydrogens is 194 g/mol. The molecule has 0 aromatic carbocycles. The van der Waals surface area contributed by atoms with Crippen LogP contribution in [0.4, 0.5) is 0 Å². The van der Waals surface area contributed by atoms with Gasteiger partial charge in [0.2, 0.25) is 0 Å². The maximum atomic E-state index is 11.3. The van der Waals surface area contributed by atoms with Crippen LogP contribution in [0.1, 0.15) is 19.3 Å². The summed E-state index contributed by atoms with van der Waals surface area (Å²) in [5, 5.41) is 0. The maximum absolute atomic E-state index is 11.3. The molecule has 1 aliphatic rings. The summed E-state index contributed by atoms with van der Waals surface area (Å²) >= 11 is 0. The van der Waals surface area contributed by atoms with E-state index in [1.807, 2.05) is 6.08 Å². The Labute approximate surface area is 89.9 Å². The van der Waals surface area contributed by atoms with E-state index in [1.165, 1.54) is 7.11 Å². The highest BCUT2D eigenvalue weighted by Gasteiger charge is 2.17. The molecule has 0 atom stereocenters. The van der Waals surface area contributed by atoms with E-state index < -0.39 is 0 Å². The number of nitrogens with zero attached hydrogens (tertiary/aromatic N) is 1. The molecule has 15 heavy (non-hydrogen) atoms. The molecule has 4 heteroatoms. The average molecular weight is 211 g/mol. The number of unbranched alkanes of at least 4 members (excludes halogenated alkanes) is 1. The predicted octanol–water partition coefficient (Wildman–Crippen LogP) is 0.771. The molecule has 0 unspecified atom stereocenters. The first-order chi connectivity index (χ1) is 7.27. The first-order valence-corrected chi connectivity index (χ1v) is 5.21. The SMILES string of the molecule is COC(=O)C1=CCCN(CCCC=O)C1. The molecule has 4 nitrogen and oxygen atoms in total. The fourth-order valence-corrected chi connectivity index (χ4v) is 1.67. The second-order valence-corrected chi connectivity index (χ2v) is 3.59. The molecule has 0 N–H and O–H groups in total. The van der Waals surface area contributed by atoms with Crippen molar-refractivity contribution in [2.75, 3.05) is 26.7 Å². The molecule has 0 amide bonds. The Morgan fingerprint density at radius 2 is 2.47 bits per heavy atom. The van der Waals surface area contributed by atoms with Gasteiger partial charge in [-0.3, -0.25) is 4.90 Å². The smallest absolute Gasteiger partial charge is 0.334 e. The zero-order valence-electron chi connectivity index (χ0n) is 9.07. The summed E-state index contributed by atoms with van der Waals surface area (Å²) in [7, 11) is 1.40. The third kappa shape index (κ3) is 3.83. The van der Waals surface area contributed by atoms with Crippen LogP contribution in [-0.2, 0) is 14.3 Å². The number of hydrogen-bond donors (Lipinski definition) is 0. The highest BCUT2D eigenvalue weighted by Crippen LogP contribution is 2.11. The molecule has 1 aliphatic heterocycles. The second kappa shape index (κ2) is 6.35. The average Bonchev–Trinajstić information content (AvgIpc) is 2.29. The summed E-state index contributed by atoms with van der Waals surface area (Å²) in [6, 6.07) is 0. The van der Waals surface area contributed by atoms with Crippen LogP contribution in [0.3, 0.4) is 0 Å². The highest BCUT2D eigenvalue weighted by atomic mass is 16.5. The van der Waals surface area contributed by atoms with Crippen LogP contribution >= 0.6 is 0 Å². The van der Waals surface area contributed by atoms with Crippen molar-refractivity contribution in [3.05, 3.63) is 11.6 Å². The summed E-state index contributed by atoms with van der Waals surface area (Å²) in [5.41, 5.74) is 0.731. The summed E-state index contributed by atoms with van der Waals surface area (Å²) in [6.07, 6.45) is 5.19. The molecule has 0 radical (unpaired) electrons. The Hall–Kier alpha value is -1.16. The normalized spacial score (nSPS) is 17.0. The van der Waals surface area contributed by atoms with E-state index in [0.29, 0.717) is 13.0 Å². The van der Waals surface area contributed by atoms with Gasteiger partial charge in [0.05, 0.1) is 7.11 Å².